The molecular formula is C32H57N3O13. The predicted octanol–water partition coefficient (Wildman–Crippen LogP) is -2.23. The normalized spacial score (nSPS) is 36.0. The molecule has 0 spiro atoms. The Kier molecular flexibility index (Phi) is 17.0. The van der Waals surface area contributed by atoms with Crippen LogP contribution in [0.3, 0.4) is 0 Å². The van der Waals surface area contributed by atoms with Crippen molar-refractivity contribution in [2.75, 3.05) is 45.9 Å². The van der Waals surface area contributed by atoms with Crippen molar-refractivity contribution in [3.63, 3.8) is 0 Å². The first-order valence-corrected chi connectivity index (χ1v) is 17.3. The summed E-state index contributed by atoms with van der Waals surface area (Å²) in [5.74, 6) is -1.54. The maximum atomic E-state index is 13.5. The Morgan fingerprint density at radius 3 is 1.94 bits per heavy atom. The highest BCUT2D eigenvalue weighted by Crippen LogP contribution is 2.28. The summed E-state index contributed by atoms with van der Waals surface area (Å²) in [5.41, 5.74) is 0. The van der Waals surface area contributed by atoms with E-state index < -0.39 is 73.2 Å². The molecule has 2 amide bonds. The predicted molar refractivity (Wildman–Crippen MR) is 169 cm³/mol. The summed E-state index contributed by atoms with van der Waals surface area (Å²) in [4.78, 5) is 40.7. The topological polar surface area (TPSA) is 237 Å². The first-order chi connectivity index (χ1) is 22.8. The minimum atomic E-state index is -1.45. The minimum absolute atomic E-state index is 0.0330. The molecule has 16 nitrogen and oxygen atoms in total. The second-order valence-corrected chi connectivity index (χ2v) is 13.0. The first-order valence-electron chi connectivity index (χ1n) is 17.3. The average Bonchev–Trinajstić information content (AvgIpc) is 3.07. The number of aliphatic hydroxyl groups is 6. The molecule has 0 bridgehead atoms. The summed E-state index contributed by atoms with van der Waals surface area (Å²) in [6.45, 7) is 7.43. The molecule has 8 N–H and O–H groups in total. The molecule has 3 heterocycles. The van der Waals surface area contributed by atoms with Crippen LogP contribution in [-0.4, -0.2) is 160 Å². The van der Waals surface area contributed by atoms with Gasteiger partial charge in [0.05, 0.1) is 31.3 Å². The number of unbranched alkanes of at least 4 members (excludes halogenated alkanes) is 2. The van der Waals surface area contributed by atoms with E-state index in [1.807, 2.05) is 6.92 Å². The van der Waals surface area contributed by atoms with Gasteiger partial charge in [-0.1, -0.05) is 6.42 Å². The molecule has 3 fully saturated rings. The monoisotopic (exact) mass is 691 g/mol. The number of rotatable bonds is 18. The van der Waals surface area contributed by atoms with Crippen molar-refractivity contribution in [3.8, 4) is 0 Å². The molecule has 0 saturated carbocycles. The van der Waals surface area contributed by atoms with Crippen LogP contribution in [0.15, 0.2) is 0 Å². The lowest BCUT2D eigenvalue weighted by Crippen LogP contribution is -2.57. The third kappa shape index (κ3) is 11.6. The van der Waals surface area contributed by atoms with E-state index in [1.165, 1.54) is 0 Å². The Morgan fingerprint density at radius 1 is 0.729 bits per heavy atom. The van der Waals surface area contributed by atoms with E-state index >= 15 is 0 Å². The standard InChI is InChI=1S/C32H57N3O13/c1-4-33-23(37)10-6-5-7-13-35-14-11-20(30(44)34-12-16-46-32-29(43)27(41)25(39)19(3)48-32)21(17-35)22(36)9-8-15-45-31-28(42)26(40)24(38)18(2)47-31/h18-21,24-29,31-32,38-43H,4-17H2,1-3H3,(H,33,37)(H,34,44)/t18-,19-,20?,21?,24+,25+,26+,27+,28-,29-,31+,32+/m0/s1. The van der Waals surface area contributed by atoms with E-state index in [0.717, 1.165) is 25.8 Å². The Morgan fingerprint density at radius 2 is 1.33 bits per heavy atom. The van der Waals surface area contributed by atoms with Crippen LogP contribution in [0.4, 0.5) is 0 Å². The first kappa shape index (κ1) is 40.6. The average molecular weight is 692 g/mol. The largest absolute Gasteiger partial charge is 0.388 e. The molecule has 16 heteroatoms. The van der Waals surface area contributed by atoms with Crippen molar-refractivity contribution < 1.29 is 64.0 Å². The van der Waals surface area contributed by atoms with Gasteiger partial charge in [-0.15, -0.1) is 0 Å². The molecular weight excluding hydrogens is 634 g/mol. The summed E-state index contributed by atoms with van der Waals surface area (Å²) in [6.07, 6.45) is -8.25. The van der Waals surface area contributed by atoms with Crippen molar-refractivity contribution in [1.29, 1.82) is 0 Å². The van der Waals surface area contributed by atoms with Crippen LogP contribution in [0.25, 0.3) is 0 Å². The van der Waals surface area contributed by atoms with Gasteiger partial charge in [0, 0.05) is 38.4 Å². The molecule has 2 unspecified atom stereocenters. The highest BCUT2D eigenvalue weighted by atomic mass is 16.7. The van der Waals surface area contributed by atoms with Gasteiger partial charge in [0.2, 0.25) is 11.8 Å². The van der Waals surface area contributed by atoms with Crippen LogP contribution in [0.5, 0.6) is 0 Å². The summed E-state index contributed by atoms with van der Waals surface area (Å²) in [5, 5.41) is 65.7. The fourth-order valence-corrected chi connectivity index (χ4v) is 6.36. The van der Waals surface area contributed by atoms with Gasteiger partial charge in [-0.3, -0.25) is 14.4 Å². The minimum Gasteiger partial charge on any atom is -0.388 e. The van der Waals surface area contributed by atoms with Gasteiger partial charge in [0.1, 0.15) is 42.4 Å². The van der Waals surface area contributed by atoms with Crippen molar-refractivity contribution in [2.24, 2.45) is 11.8 Å². The molecule has 3 aliphatic rings. The Balaban J connectivity index is 1.50. The van der Waals surface area contributed by atoms with E-state index in [9.17, 15) is 45.0 Å². The summed E-state index contributed by atoms with van der Waals surface area (Å²) >= 11 is 0. The highest BCUT2D eigenvalue weighted by molar-refractivity contribution is 5.89. The Hall–Kier alpha value is -1.83. The Labute approximate surface area is 282 Å². The molecule has 0 aromatic heterocycles. The van der Waals surface area contributed by atoms with Crippen molar-refractivity contribution in [1.82, 2.24) is 15.5 Å². The molecule has 0 aromatic rings. The van der Waals surface area contributed by atoms with Crippen LogP contribution >= 0.6 is 0 Å². The summed E-state index contributed by atoms with van der Waals surface area (Å²) < 4.78 is 22.0. The molecule has 3 rings (SSSR count). The van der Waals surface area contributed by atoms with Gasteiger partial charge in [0.25, 0.3) is 0 Å². The van der Waals surface area contributed by atoms with Crippen LogP contribution in [0.2, 0.25) is 0 Å². The van der Waals surface area contributed by atoms with Gasteiger partial charge in [-0.2, -0.15) is 0 Å². The smallest absolute Gasteiger partial charge is 0.224 e. The van der Waals surface area contributed by atoms with E-state index in [0.29, 0.717) is 38.9 Å². The second-order valence-electron chi connectivity index (χ2n) is 13.0. The van der Waals surface area contributed by atoms with Gasteiger partial charge in [-0.05, 0) is 59.5 Å². The number of nitrogens with zero attached hydrogens (tertiary/aromatic N) is 1. The SMILES string of the molecule is CCNC(=O)CCCCCN1CCC(C(=O)NCCO[C@@H]2O[C@@H](C)[C@@H](O)[C@@H](O)[C@@H]2O)C(C(=O)CCCO[C@@H]2O[C@@H](C)[C@@H](O)[C@@H](O)[C@@H]2O)C1. The second kappa shape index (κ2) is 20.1. The molecule has 48 heavy (non-hydrogen) atoms. The molecule has 3 aliphatic heterocycles. The van der Waals surface area contributed by atoms with Crippen LogP contribution in [-0.2, 0) is 33.3 Å². The Bertz CT molecular complexity index is 1010. The van der Waals surface area contributed by atoms with Crippen LogP contribution < -0.4 is 10.6 Å². The number of carbonyl (C=O) groups excluding carboxylic acids is 3. The van der Waals surface area contributed by atoms with Gasteiger partial charge in [0.15, 0.2) is 12.6 Å². The third-order valence-corrected chi connectivity index (χ3v) is 9.35. The number of ether oxygens (including phenoxy) is 4. The van der Waals surface area contributed by atoms with Crippen LogP contribution in [0, 0.1) is 11.8 Å². The molecule has 0 aliphatic carbocycles. The molecule has 3 saturated heterocycles. The molecule has 12 atom stereocenters. The third-order valence-electron chi connectivity index (χ3n) is 9.35. The van der Waals surface area contributed by atoms with Gasteiger partial charge >= 0.3 is 0 Å². The number of aliphatic hydroxyl groups excluding tert-OH is 6. The number of Topliss-reactive ketones (excluding diaryl/α,β-unsaturated/α-hetero) is 1. The number of piperidine rings is 1. The highest BCUT2D eigenvalue weighted by Gasteiger charge is 2.44. The van der Waals surface area contributed by atoms with E-state index in [4.69, 9.17) is 18.9 Å². The number of hydrogen-bond donors (Lipinski definition) is 8. The lowest BCUT2D eigenvalue weighted by Gasteiger charge is -2.39. The molecule has 278 valence electrons. The molecule has 0 radical (unpaired) electrons. The molecule has 0 aromatic carbocycles. The number of hydrogen-bond acceptors (Lipinski definition) is 14. The fraction of sp³-hybridized carbons (Fsp3) is 0.906. The van der Waals surface area contributed by atoms with Gasteiger partial charge in [-0.25, -0.2) is 0 Å². The van der Waals surface area contributed by atoms with E-state index in [-0.39, 0.29) is 43.8 Å². The van der Waals surface area contributed by atoms with Crippen molar-refractivity contribution in [3.05, 3.63) is 0 Å². The zero-order chi connectivity index (χ0) is 35.4. The van der Waals surface area contributed by atoms with Crippen LogP contribution in [0.1, 0.15) is 65.7 Å². The fourth-order valence-electron chi connectivity index (χ4n) is 6.36. The van der Waals surface area contributed by atoms with Crippen molar-refractivity contribution >= 4 is 17.6 Å². The lowest BCUT2D eigenvalue weighted by atomic mass is 9.80. The van der Waals surface area contributed by atoms with E-state index in [2.05, 4.69) is 15.5 Å². The lowest BCUT2D eigenvalue weighted by molar-refractivity contribution is -0.293. The number of amides is 2. The summed E-state index contributed by atoms with van der Waals surface area (Å²) in [7, 11) is 0. The number of ketones is 1. The number of carbonyl (C=O) groups is 3. The van der Waals surface area contributed by atoms with Gasteiger partial charge < -0.3 is 65.1 Å². The quantitative estimate of drug-likeness (QED) is 0.0711. The van der Waals surface area contributed by atoms with E-state index in [1.54, 1.807) is 13.8 Å². The number of likely N-dealkylation sites (tertiary alicyclic amines) is 1. The maximum Gasteiger partial charge on any atom is 0.224 e. The van der Waals surface area contributed by atoms with Crippen molar-refractivity contribution in [2.45, 2.75) is 127 Å². The zero-order valence-corrected chi connectivity index (χ0v) is 28.3. The maximum absolute atomic E-state index is 13.5. The zero-order valence-electron chi connectivity index (χ0n) is 28.3. The number of nitrogens with one attached hydrogen (secondary N) is 2. The summed E-state index contributed by atoms with van der Waals surface area (Å²) in [6, 6.07) is 0.